The number of carbonyl (C=O) groups excluding carboxylic acids is 3. The highest BCUT2D eigenvalue weighted by atomic mass is 35.5. The van der Waals surface area contributed by atoms with E-state index in [1.165, 1.54) is 16.9 Å². The molecule has 0 aliphatic rings. The lowest BCUT2D eigenvalue weighted by atomic mass is 10.0. The Labute approximate surface area is 238 Å². The van der Waals surface area contributed by atoms with E-state index in [0.717, 1.165) is 17.0 Å². The normalized spacial score (nSPS) is 12.1. The number of carbonyl (C=O) groups is 3. The van der Waals surface area contributed by atoms with Gasteiger partial charge in [-0.15, -0.1) is 16.7 Å². The van der Waals surface area contributed by atoms with E-state index in [4.69, 9.17) is 39.5 Å². The fourth-order valence-corrected chi connectivity index (χ4v) is 4.00. The van der Waals surface area contributed by atoms with E-state index in [1.54, 1.807) is 32.9 Å². The molecule has 3 rings (SSSR count). The number of halogens is 5. The summed E-state index contributed by atoms with van der Waals surface area (Å²) in [7, 11) is 0. The van der Waals surface area contributed by atoms with Crippen molar-refractivity contribution in [1.82, 2.24) is 19.9 Å². The van der Waals surface area contributed by atoms with Crippen molar-refractivity contribution in [2.45, 2.75) is 38.8 Å². The first-order chi connectivity index (χ1) is 18.3. The Morgan fingerprint density at radius 1 is 1.13 bits per heavy atom. The fourth-order valence-electron chi connectivity index (χ4n) is 3.55. The average molecular weight is 603 g/mol. The number of amides is 2. The second-order valence-corrected chi connectivity index (χ2v) is 10.4. The Bertz CT molecular complexity index is 1380. The van der Waals surface area contributed by atoms with E-state index < -0.39 is 59.9 Å². The van der Waals surface area contributed by atoms with Gasteiger partial charge in [-0.2, -0.15) is 0 Å². The van der Waals surface area contributed by atoms with Crippen LogP contribution in [0.15, 0.2) is 42.6 Å². The minimum atomic E-state index is -1.46. The highest BCUT2D eigenvalue weighted by Crippen LogP contribution is 2.25. The van der Waals surface area contributed by atoms with Gasteiger partial charge in [-0.1, -0.05) is 34.5 Å². The van der Waals surface area contributed by atoms with E-state index >= 15 is 0 Å². The van der Waals surface area contributed by atoms with Crippen LogP contribution in [0.4, 0.5) is 14.5 Å². The van der Waals surface area contributed by atoms with Crippen molar-refractivity contribution >= 4 is 58.3 Å². The van der Waals surface area contributed by atoms with Gasteiger partial charge in [0.05, 0.1) is 17.6 Å². The van der Waals surface area contributed by atoms with Crippen LogP contribution in [-0.2, 0) is 25.5 Å². The first-order valence-electron chi connectivity index (χ1n) is 11.5. The highest BCUT2D eigenvalue weighted by molar-refractivity contribution is 6.31. The van der Waals surface area contributed by atoms with E-state index in [-0.39, 0.29) is 21.4 Å². The Kier molecular flexibility index (Phi) is 9.87. The lowest BCUT2D eigenvalue weighted by Gasteiger charge is -2.32. The van der Waals surface area contributed by atoms with E-state index in [2.05, 4.69) is 15.6 Å². The molecule has 3 aromatic rings. The molecule has 0 bridgehead atoms. The quantitative estimate of drug-likeness (QED) is 0.278. The van der Waals surface area contributed by atoms with Crippen LogP contribution < -0.4 is 5.32 Å². The number of ether oxygens (including phenoxy) is 1. The van der Waals surface area contributed by atoms with E-state index in [9.17, 15) is 23.2 Å². The van der Waals surface area contributed by atoms with Crippen molar-refractivity contribution in [3.63, 3.8) is 0 Å². The average Bonchev–Trinajstić information content (AvgIpc) is 3.26. The van der Waals surface area contributed by atoms with Crippen LogP contribution in [0, 0.1) is 11.6 Å². The van der Waals surface area contributed by atoms with E-state index in [0.29, 0.717) is 11.8 Å². The molecule has 0 aliphatic heterocycles. The zero-order chi connectivity index (χ0) is 28.9. The largest absolute Gasteiger partial charge is 0.458 e. The summed E-state index contributed by atoms with van der Waals surface area (Å²) in [4.78, 5) is 40.1. The molecule has 1 atom stereocenters. The zero-order valence-corrected chi connectivity index (χ0v) is 23.3. The Morgan fingerprint density at radius 3 is 2.44 bits per heavy atom. The van der Waals surface area contributed by atoms with Crippen LogP contribution in [-0.4, -0.2) is 61.7 Å². The number of hydrogen-bond donors (Lipinski definition) is 1. The molecule has 0 saturated carbocycles. The highest BCUT2D eigenvalue weighted by Gasteiger charge is 2.35. The van der Waals surface area contributed by atoms with Gasteiger partial charge in [0, 0.05) is 17.5 Å². The maximum atomic E-state index is 14.5. The molecule has 1 heterocycles. The van der Waals surface area contributed by atoms with Gasteiger partial charge in [-0.3, -0.25) is 9.59 Å². The molecule has 0 aliphatic carbocycles. The summed E-state index contributed by atoms with van der Waals surface area (Å²) in [6, 6.07) is 5.91. The van der Waals surface area contributed by atoms with E-state index in [1.807, 2.05) is 0 Å². The molecule has 2 amide bonds. The summed E-state index contributed by atoms with van der Waals surface area (Å²) >= 11 is 17.8. The van der Waals surface area contributed by atoms with Crippen LogP contribution in [0.3, 0.4) is 0 Å². The van der Waals surface area contributed by atoms with Crippen LogP contribution in [0.1, 0.15) is 26.3 Å². The third kappa shape index (κ3) is 8.35. The Morgan fingerprint density at radius 2 is 1.85 bits per heavy atom. The van der Waals surface area contributed by atoms with Crippen LogP contribution in [0.25, 0.3) is 5.69 Å². The molecule has 9 nitrogen and oxygen atoms in total. The smallest absolute Gasteiger partial charge is 0.329 e. The molecule has 1 aromatic heterocycles. The van der Waals surface area contributed by atoms with Crippen LogP contribution in [0.5, 0.6) is 0 Å². The van der Waals surface area contributed by atoms with Gasteiger partial charge in [0.25, 0.3) is 0 Å². The second kappa shape index (κ2) is 12.7. The molecule has 39 heavy (non-hydrogen) atoms. The number of hydrogen-bond acceptors (Lipinski definition) is 6. The molecule has 0 radical (unpaired) electrons. The van der Waals surface area contributed by atoms with Gasteiger partial charge in [-0.25, -0.2) is 18.3 Å². The number of nitrogens with zero attached hydrogens (tertiary/aromatic N) is 4. The maximum Gasteiger partial charge on any atom is 0.329 e. The number of rotatable bonds is 9. The summed E-state index contributed by atoms with van der Waals surface area (Å²) < 4.78 is 34.8. The van der Waals surface area contributed by atoms with Crippen molar-refractivity contribution in [3.05, 3.63) is 70.0 Å². The SMILES string of the molecule is CC(C)(C)OC(=O)C(Cc1ccc(F)cc1F)N(CC(=O)Nc1cc(Cl)ccc1-n1cc(Cl)nn1)C(=O)CCl. The van der Waals surface area contributed by atoms with Crippen LogP contribution >= 0.6 is 34.8 Å². The molecule has 1 unspecified atom stereocenters. The molecule has 208 valence electrons. The number of alkyl halides is 1. The minimum absolute atomic E-state index is 0.0692. The van der Waals surface area contributed by atoms with Gasteiger partial charge in [0.15, 0.2) is 5.15 Å². The number of benzene rings is 2. The first kappa shape index (κ1) is 30.3. The van der Waals surface area contributed by atoms with Gasteiger partial charge >= 0.3 is 5.97 Å². The summed E-state index contributed by atoms with van der Waals surface area (Å²) in [5.74, 6) is -4.77. The Balaban J connectivity index is 1.94. The van der Waals surface area contributed by atoms with Crippen LogP contribution in [0.2, 0.25) is 10.2 Å². The summed E-state index contributed by atoms with van der Waals surface area (Å²) in [6.45, 7) is 4.16. The third-order valence-corrected chi connectivity index (χ3v) is 5.81. The Hall–Kier alpha value is -3.28. The van der Waals surface area contributed by atoms with Gasteiger partial charge in [0.2, 0.25) is 11.8 Å². The third-order valence-electron chi connectivity index (χ3n) is 5.18. The molecule has 2 aromatic carbocycles. The number of aromatic nitrogens is 3. The summed E-state index contributed by atoms with van der Waals surface area (Å²) in [5.41, 5.74) is -0.478. The predicted octanol–water partition coefficient (Wildman–Crippen LogP) is 4.81. The summed E-state index contributed by atoms with van der Waals surface area (Å²) in [6.07, 6.45) is 0.996. The lowest BCUT2D eigenvalue weighted by Crippen LogP contribution is -2.52. The van der Waals surface area contributed by atoms with Crippen molar-refractivity contribution in [2.75, 3.05) is 17.7 Å². The molecule has 0 fully saturated rings. The predicted molar refractivity (Wildman–Crippen MR) is 142 cm³/mol. The van der Waals surface area contributed by atoms with Crippen molar-refractivity contribution < 1.29 is 27.9 Å². The second-order valence-electron chi connectivity index (χ2n) is 9.34. The number of nitrogens with one attached hydrogen (secondary N) is 1. The number of anilines is 1. The lowest BCUT2D eigenvalue weighted by molar-refractivity contribution is -0.164. The standard InChI is InChI=1S/C25H24Cl3F2N5O4/c1-25(2,3)39-24(38)20(8-14-4-6-16(29)10-17(14)30)34(23(37)11-26)13-22(36)31-18-9-15(27)5-7-19(18)35-12-21(28)32-33-35/h4-7,9-10,12,20H,8,11,13H2,1-3H3,(H,31,36). The van der Waals surface area contributed by atoms with Crippen molar-refractivity contribution in [2.24, 2.45) is 0 Å². The maximum absolute atomic E-state index is 14.5. The fraction of sp³-hybridized carbons (Fsp3) is 0.320. The zero-order valence-electron chi connectivity index (χ0n) is 21.1. The molecular formula is C25H24Cl3F2N5O4. The molecule has 1 N–H and O–H groups in total. The molecule has 0 saturated heterocycles. The van der Waals surface area contributed by atoms with Gasteiger partial charge < -0.3 is 15.0 Å². The topological polar surface area (TPSA) is 106 Å². The van der Waals surface area contributed by atoms with Gasteiger partial charge in [-0.05, 0) is 50.6 Å². The molecule has 14 heteroatoms. The first-order valence-corrected chi connectivity index (χ1v) is 12.8. The minimum Gasteiger partial charge on any atom is -0.458 e. The molecular weight excluding hydrogens is 579 g/mol. The van der Waals surface area contributed by atoms with Crippen molar-refractivity contribution in [3.8, 4) is 5.69 Å². The number of esters is 1. The van der Waals surface area contributed by atoms with Crippen molar-refractivity contribution in [1.29, 1.82) is 0 Å². The molecule has 0 spiro atoms. The van der Waals surface area contributed by atoms with Gasteiger partial charge in [0.1, 0.15) is 35.7 Å². The summed E-state index contributed by atoms with van der Waals surface area (Å²) in [5, 5.41) is 10.6. The monoisotopic (exact) mass is 601 g/mol.